The largest absolute Gasteiger partial charge is 0.480 e. The first-order valence-corrected chi connectivity index (χ1v) is 9.05. The van der Waals surface area contributed by atoms with Crippen molar-refractivity contribution in [2.45, 2.75) is 19.5 Å². The number of hydrogen-bond donors (Lipinski definition) is 2. The highest BCUT2D eigenvalue weighted by atomic mass is 16.4. The van der Waals surface area contributed by atoms with Crippen LogP contribution in [-0.2, 0) is 18.4 Å². The molecule has 2 heterocycles. The number of nitrogens with one attached hydrogen (secondary N) is 1. The molecule has 0 amide bonds. The number of anilines is 1. The average Bonchev–Trinajstić information content (AvgIpc) is 3.07. The standard InChI is InChI=1S/C21H19N3O5/c1-12(22-16-10-23(2)21(28)24(20(16)27)11-19(25)26)13-7-8-18-15(9-13)14-5-3-4-6-17(14)29-18/h3-10,12,22H,11H2,1-2H3,(H,25,26)/t12-/m1/s1. The lowest BCUT2D eigenvalue weighted by molar-refractivity contribution is -0.137. The summed E-state index contributed by atoms with van der Waals surface area (Å²) >= 11 is 0. The smallest absolute Gasteiger partial charge is 0.331 e. The summed E-state index contributed by atoms with van der Waals surface area (Å²) in [6.45, 7) is 1.19. The summed E-state index contributed by atoms with van der Waals surface area (Å²) in [6, 6.07) is 13.3. The Bertz CT molecular complexity index is 1360. The minimum atomic E-state index is -1.26. The van der Waals surface area contributed by atoms with E-state index in [-0.39, 0.29) is 11.7 Å². The van der Waals surface area contributed by atoms with Crippen molar-refractivity contribution in [3.8, 4) is 0 Å². The molecular weight excluding hydrogens is 374 g/mol. The Balaban J connectivity index is 1.73. The van der Waals surface area contributed by atoms with Crippen molar-refractivity contribution in [1.29, 1.82) is 0 Å². The van der Waals surface area contributed by atoms with E-state index in [1.54, 1.807) is 0 Å². The predicted octanol–water partition coefficient (Wildman–Crippen LogP) is 2.70. The Kier molecular flexibility index (Phi) is 4.46. The maximum Gasteiger partial charge on any atom is 0.331 e. The third kappa shape index (κ3) is 3.29. The van der Waals surface area contributed by atoms with Crippen molar-refractivity contribution >= 4 is 33.6 Å². The molecule has 0 aliphatic rings. The summed E-state index contributed by atoms with van der Waals surface area (Å²) < 4.78 is 7.72. The van der Waals surface area contributed by atoms with Crippen LogP contribution in [0.25, 0.3) is 21.9 Å². The molecule has 0 bridgehead atoms. The number of carboxylic acids is 1. The monoisotopic (exact) mass is 393 g/mol. The van der Waals surface area contributed by atoms with Crippen molar-refractivity contribution in [2.24, 2.45) is 7.05 Å². The van der Waals surface area contributed by atoms with E-state index in [4.69, 9.17) is 9.52 Å². The van der Waals surface area contributed by atoms with E-state index in [0.717, 1.165) is 27.5 Å². The van der Waals surface area contributed by atoms with Crippen molar-refractivity contribution < 1.29 is 14.3 Å². The second-order valence-corrected chi connectivity index (χ2v) is 6.94. The van der Waals surface area contributed by atoms with Crippen molar-refractivity contribution in [2.75, 3.05) is 5.32 Å². The molecule has 0 aliphatic carbocycles. The van der Waals surface area contributed by atoms with Gasteiger partial charge in [0.15, 0.2) is 0 Å². The van der Waals surface area contributed by atoms with E-state index in [2.05, 4.69) is 5.32 Å². The van der Waals surface area contributed by atoms with E-state index >= 15 is 0 Å². The summed E-state index contributed by atoms with van der Waals surface area (Å²) in [7, 11) is 1.47. The molecule has 0 saturated carbocycles. The lowest BCUT2D eigenvalue weighted by Crippen LogP contribution is -2.41. The van der Waals surface area contributed by atoms with Crippen LogP contribution in [0.3, 0.4) is 0 Å². The Labute approximate surface area is 164 Å². The second-order valence-electron chi connectivity index (χ2n) is 6.94. The molecule has 148 valence electrons. The fourth-order valence-electron chi connectivity index (χ4n) is 3.43. The first kappa shape index (κ1) is 18.5. The van der Waals surface area contributed by atoms with Crippen LogP contribution >= 0.6 is 0 Å². The Morgan fingerprint density at radius 2 is 1.86 bits per heavy atom. The third-order valence-electron chi connectivity index (χ3n) is 4.90. The average molecular weight is 393 g/mol. The van der Waals surface area contributed by atoms with E-state index in [9.17, 15) is 14.4 Å². The van der Waals surface area contributed by atoms with Crippen LogP contribution in [0.5, 0.6) is 0 Å². The van der Waals surface area contributed by atoms with Gasteiger partial charge in [0.2, 0.25) is 0 Å². The van der Waals surface area contributed by atoms with Crippen LogP contribution in [-0.4, -0.2) is 20.2 Å². The maximum atomic E-state index is 12.6. The maximum absolute atomic E-state index is 12.6. The zero-order valence-corrected chi connectivity index (χ0v) is 15.9. The van der Waals surface area contributed by atoms with Crippen molar-refractivity contribution in [3.05, 3.63) is 75.1 Å². The quantitative estimate of drug-likeness (QED) is 0.540. The number of benzene rings is 2. The van der Waals surface area contributed by atoms with Gasteiger partial charge in [-0.15, -0.1) is 0 Å². The third-order valence-corrected chi connectivity index (χ3v) is 4.90. The number of para-hydroxylation sites is 1. The highest BCUT2D eigenvalue weighted by molar-refractivity contribution is 6.05. The second kappa shape index (κ2) is 6.97. The fraction of sp³-hybridized carbons (Fsp3) is 0.190. The number of nitrogens with zero attached hydrogens (tertiary/aromatic N) is 2. The SMILES string of the molecule is C[C@@H](Nc1cn(C)c(=O)n(CC(=O)O)c1=O)c1ccc2oc3ccccc3c2c1. The number of hydrogen-bond acceptors (Lipinski definition) is 5. The number of rotatable bonds is 5. The van der Waals surface area contributed by atoms with Crippen LogP contribution in [0.4, 0.5) is 5.69 Å². The Morgan fingerprint density at radius 1 is 1.14 bits per heavy atom. The number of fused-ring (bicyclic) bond motifs is 3. The van der Waals surface area contributed by atoms with Crippen molar-refractivity contribution in [3.63, 3.8) is 0 Å². The number of aliphatic carboxylic acids is 1. The molecule has 0 radical (unpaired) electrons. The summed E-state index contributed by atoms with van der Waals surface area (Å²) in [5.74, 6) is -1.26. The fourth-order valence-corrected chi connectivity index (χ4v) is 3.43. The van der Waals surface area contributed by atoms with E-state index in [1.807, 2.05) is 49.4 Å². The molecule has 0 aliphatic heterocycles. The van der Waals surface area contributed by atoms with Crippen molar-refractivity contribution in [1.82, 2.24) is 9.13 Å². The van der Waals surface area contributed by atoms with Gasteiger partial charge in [-0.3, -0.25) is 9.59 Å². The van der Waals surface area contributed by atoms with Gasteiger partial charge in [-0.1, -0.05) is 24.3 Å². The molecular formula is C21H19N3O5. The van der Waals surface area contributed by atoms with Gasteiger partial charge in [0.05, 0.1) is 0 Å². The molecule has 2 aromatic carbocycles. The molecule has 0 saturated heterocycles. The van der Waals surface area contributed by atoms with Gasteiger partial charge in [0.25, 0.3) is 5.56 Å². The lowest BCUT2D eigenvalue weighted by Gasteiger charge is -2.17. The summed E-state index contributed by atoms with van der Waals surface area (Å²) in [5.41, 5.74) is 1.29. The number of aromatic nitrogens is 2. The molecule has 2 aromatic heterocycles. The van der Waals surface area contributed by atoms with Crippen LogP contribution in [0.15, 0.2) is 62.7 Å². The molecule has 1 atom stereocenters. The molecule has 2 N–H and O–H groups in total. The molecule has 4 rings (SSSR count). The molecule has 8 heteroatoms. The minimum Gasteiger partial charge on any atom is -0.480 e. The first-order valence-electron chi connectivity index (χ1n) is 9.05. The van der Waals surface area contributed by atoms with Gasteiger partial charge in [-0.2, -0.15) is 0 Å². The number of aryl methyl sites for hydroxylation is 1. The molecule has 4 aromatic rings. The van der Waals surface area contributed by atoms with Gasteiger partial charge >= 0.3 is 11.7 Å². The van der Waals surface area contributed by atoms with Gasteiger partial charge < -0.3 is 19.4 Å². The lowest BCUT2D eigenvalue weighted by atomic mass is 10.0. The van der Waals surface area contributed by atoms with Gasteiger partial charge in [-0.05, 0) is 30.7 Å². The zero-order valence-electron chi connectivity index (χ0n) is 15.9. The van der Waals surface area contributed by atoms with E-state index in [0.29, 0.717) is 4.57 Å². The number of carboxylic acid groups (broad SMARTS) is 1. The van der Waals surface area contributed by atoms with Crippen LogP contribution in [0.2, 0.25) is 0 Å². The zero-order chi connectivity index (χ0) is 20.7. The van der Waals surface area contributed by atoms with Gasteiger partial charge in [0, 0.05) is 30.1 Å². The first-order chi connectivity index (χ1) is 13.8. The predicted molar refractivity (Wildman–Crippen MR) is 109 cm³/mol. The number of carbonyl (C=O) groups is 1. The van der Waals surface area contributed by atoms with E-state index < -0.39 is 23.8 Å². The summed E-state index contributed by atoms with van der Waals surface area (Å²) in [5, 5.41) is 14.1. The Hall–Kier alpha value is -3.81. The summed E-state index contributed by atoms with van der Waals surface area (Å²) in [6.07, 6.45) is 1.38. The van der Waals surface area contributed by atoms with Gasteiger partial charge in [0.1, 0.15) is 23.4 Å². The highest BCUT2D eigenvalue weighted by Gasteiger charge is 2.16. The molecule has 0 fully saturated rings. The van der Waals surface area contributed by atoms with Gasteiger partial charge in [-0.25, -0.2) is 9.36 Å². The molecule has 0 spiro atoms. The van der Waals surface area contributed by atoms with Crippen LogP contribution < -0.4 is 16.6 Å². The summed E-state index contributed by atoms with van der Waals surface area (Å²) in [4.78, 5) is 35.7. The van der Waals surface area contributed by atoms with Crippen LogP contribution in [0.1, 0.15) is 18.5 Å². The van der Waals surface area contributed by atoms with E-state index in [1.165, 1.54) is 17.8 Å². The minimum absolute atomic E-state index is 0.151. The normalized spacial score (nSPS) is 12.3. The molecule has 8 nitrogen and oxygen atoms in total. The Morgan fingerprint density at radius 3 is 2.62 bits per heavy atom. The highest BCUT2D eigenvalue weighted by Crippen LogP contribution is 2.31. The molecule has 29 heavy (non-hydrogen) atoms. The number of furan rings is 1. The topological polar surface area (TPSA) is 106 Å². The van der Waals surface area contributed by atoms with Crippen LogP contribution in [0, 0.1) is 0 Å². The molecule has 0 unspecified atom stereocenters.